The Kier molecular flexibility index (Phi) is 5.17. The minimum Gasteiger partial charge on any atom is -0.497 e. The highest BCUT2D eigenvalue weighted by Crippen LogP contribution is 2.41. The van der Waals surface area contributed by atoms with Gasteiger partial charge in [0.15, 0.2) is 11.6 Å². The highest BCUT2D eigenvalue weighted by molar-refractivity contribution is 6.00. The first-order chi connectivity index (χ1) is 15.6. The van der Waals surface area contributed by atoms with Gasteiger partial charge < -0.3 is 19.1 Å². The van der Waals surface area contributed by atoms with E-state index in [4.69, 9.17) is 14.2 Å². The number of anilines is 1. The zero-order valence-electron chi connectivity index (χ0n) is 18.2. The molecule has 5 rings (SSSR count). The Balaban J connectivity index is 1.27. The van der Waals surface area contributed by atoms with Crippen LogP contribution in [-0.2, 0) is 0 Å². The van der Waals surface area contributed by atoms with Crippen molar-refractivity contribution in [1.29, 1.82) is 0 Å². The molecular formula is C25H25N3O4. The topological polar surface area (TPSA) is 73.8 Å². The number of benzene rings is 2. The SMILES string of the molecule is COc1ccc(-c2ccc(N3CCC4(CC3)CC(=O)c3ccc(OC)cc3O4)nn2)cc1. The maximum absolute atomic E-state index is 12.8. The van der Waals surface area contributed by atoms with Crippen molar-refractivity contribution >= 4 is 11.6 Å². The fourth-order valence-corrected chi connectivity index (χ4v) is 4.43. The summed E-state index contributed by atoms with van der Waals surface area (Å²) in [5.41, 5.74) is 1.98. The molecule has 3 aromatic rings. The number of fused-ring (bicyclic) bond motifs is 1. The average molecular weight is 431 g/mol. The van der Waals surface area contributed by atoms with Crippen molar-refractivity contribution < 1.29 is 19.0 Å². The quantitative estimate of drug-likeness (QED) is 0.614. The summed E-state index contributed by atoms with van der Waals surface area (Å²) in [7, 11) is 3.26. The van der Waals surface area contributed by atoms with E-state index in [0.29, 0.717) is 23.5 Å². The Labute approximate surface area is 186 Å². The molecule has 2 aliphatic heterocycles. The van der Waals surface area contributed by atoms with Gasteiger partial charge in [0.1, 0.15) is 22.8 Å². The first-order valence-electron chi connectivity index (χ1n) is 10.7. The van der Waals surface area contributed by atoms with Gasteiger partial charge in [-0.05, 0) is 48.5 Å². The van der Waals surface area contributed by atoms with Gasteiger partial charge in [-0.3, -0.25) is 4.79 Å². The average Bonchev–Trinajstić information content (AvgIpc) is 2.84. The number of carbonyl (C=O) groups excluding carboxylic acids is 1. The molecular weight excluding hydrogens is 406 g/mol. The number of hydrogen-bond acceptors (Lipinski definition) is 7. The van der Waals surface area contributed by atoms with Crippen molar-refractivity contribution in [2.45, 2.75) is 24.9 Å². The molecule has 1 saturated heterocycles. The van der Waals surface area contributed by atoms with Crippen LogP contribution in [0.1, 0.15) is 29.6 Å². The Morgan fingerprint density at radius 3 is 2.28 bits per heavy atom. The molecule has 0 bridgehead atoms. The molecule has 0 N–H and O–H groups in total. The molecule has 7 nitrogen and oxygen atoms in total. The molecule has 1 fully saturated rings. The van der Waals surface area contributed by atoms with Gasteiger partial charge in [0, 0.05) is 37.6 Å². The molecule has 0 saturated carbocycles. The van der Waals surface area contributed by atoms with Gasteiger partial charge in [0.05, 0.1) is 31.9 Å². The smallest absolute Gasteiger partial charge is 0.170 e. The number of methoxy groups -OCH3 is 2. The minimum atomic E-state index is -0.469. The summed E-state index contributed by atoms with van der Waals surface area (Å²) < 4.78 is 16.9. The van der Waals surface area contributed by atoms with E-state index in [0.717, 1.165) is 48.8 Å². The number of ether oxygens (including phenoxy) is 3. The Hall–Kier alpha value is -3.61. The van der Waals surface area contributed by atoms with E-state index in [1.165, 1.54) is 0 Å². The molecule has 0 radical (unpaired) electrons. The van der Waals surface area contributed by atoms with Gasteiger partial charge in [-0.25, -0.2) is 0 Å². The summed E-state index contributed by atoms with van der Waals surface area (Å²) >= 11 is 0. The molecule has 32 heavy (non-hydrogen) atoms. The maximum atomic E-state index is 12.8. The van der Waals surface area contributed by atoms with Gasteiger partial charge in [-0.1, -0.05) is 0 Å². The van der Waals surface area contributed by atoms with E-state index in [1.54, 1.807) is 26.4 Å². The monoisotopic (exact) mass is 431 g/mol. The second-order valence-electron chi connectivity index (χ2n) is 8.24. The first-order valence-corrected chi connectivity index (χ1v) is 10.7. The number of rotatable bonds is 4. The predicted molar refractivity (Wildman–Crippen MR) is 121 cm³/mol. The number of ketones is 1. The molecule has 1 spiro atoms. The molecule has 164 valence electrons. The molecule has 0 unspecified atom stereocenters. The lowest BCUT2D eigenvalue weighted by Crippen LogP contribution is -2.51. The van der Waals surface area contributed by atoms with Crippen LogP contribution < -0.4 is 19.1 Å². The third-order valence-electron chi connectivity index (χ3n) is 6.33. The van der Waals surface area contributed by atoms with Crippen molar-refractivity contribution in [3.8, 4) is 28.5 Å². The number of nitrogens with zero attached hydrogens (tertiary/aromatic N) is 3. The summed E-state index contributed by atoms with van der Waals surface area (Å²) in [4.78, 5) is 15.0. The second kappa shape index (κ2) is 8.15. The van der Waals surface area contributed by atoms with E-state index in [1.807, 2.05) is 42.5 Å². The summed E-state index contributed by atoms with van der Waals surface area (Å²) in [6.07, 6.45) is 1.90. The Morgan fingerprint density at radius 2 is 1.62 bits per heavy atom. The first kappa shape index (κ1) is 20.3. The van der Waals surface area contributed by atoms with E-state index in [2.05, 4.69) is 15.1 Å². The normalized spacial score (nSPS) is 16.9. The number of piperidine rings is 1. The van der Waals surface area contributed by atoms with Crippen LogP contribution in [0.25, 0.3) is 11.3 Å². The molecule has 0 atom stereocenters. The van der Waals surface area contributed by atoms with Crippen molar-refractivity contribution in [2.75, 3.05) is 32.2 Å². The lowest BCUT2D eigenvalue weighted by atomic mass is 9.82. The molecule has 1 aromatic heterocycles. The van der Waals surface area contributed by atoms with Crippen LogP contribution in [0.15, 0.2) is 54.6 Å². The van der Waals surface area contributed by atoms with Crippen LogP contribution in [0.3, 0.4) is 0 Å². The van der Waals surface area contributed by atoms with Crippen LogP contribution in [0.4, 0.5) is 5.82 Å². The van der Waals surface area contributed by atoms with Gasteiger partial charge in [-0.15, -0.1) is 10.2 Å². The summed E-state index contributed by atoms with van der Waals surface area (Å²) in [5.74, 6) is 3.09. The number of carbonyl (C=O) groups is 1. The lowest BCUT2D eigenvalue weighted by Gasteiger charge is -2.44. The van der Waals surface area contributed by atoms with E-state index >= 15 is 0 Å². The molecule has 2 aliphatic rings. The highest BCUT2D eigenvalue weighted by Gasteiger charge is 2.43. The van der Waals surface area contributed by atoms with Crippen LogP contribution in [0.5, 0.6) is 17.2 Å². The van der Waals surface area contributed by atoms with Crippen LogP contribution in [-0.4, -0.2) is 48.9 Å². The van der Waals surface area contributed by atoms with Gasteiger partial charge in [-0.2, -0.15) is 0 Å². The number of hydrogen-bond donors (Lipinski definition) is 0. The van der Waals surface area contributed by atoms with Crippen LogP contribution >= 0.6 is 0 Å². The summed E-state index contributed by atoms with van der Waals surface area (Å²) in [6.45, 7) is 1.51. The highest BCUT2D eigenvalue weighted by atomic mass is 16.5. The zero-order chi connectivity index (χ0) is 22.1. The van der Waals surface area contributed by atoms with Crippen molar-refractivity contribution in [3.05, 3.63) is 60.2 Å². The fraction of sp³-hybridized carbons (Fsp3) is 0.320. The third kappa shape index (κ3) is 3.75. The third-order valence-corrected chi connectivity index (χ3v) is 6.33. The molecule has 7 heteroatoms. The fourth-order valence-electron chi connectivity index (χ4n) is 4.43. The van der Waals surface area contributed by atoms with Crippen molar-refractivity contribution in [2.24, 2.45) is 0 Å². The van der Waals surface area contributed by atoms with Crippen molar-refractivity contribution in [3.63, 3.8) is 0 Å². The maximum Gasteiger partial charge on any atom is 0.170 e. The van der Waals surface area contributed by atoms with E-state index < -0.39 is 5.60 Å². The van der Waals surface area contributed by atoms with Gasteiger partial charge in [0.25, 0.3) is 0 Å². The standard InChI is InChI=1S/C25H25N3O4/c1-30-18-5-3-17(4-6-18)21-9-10-24(27-26-21)28-13-11-25(12-14-28)16-22(29)20-8-7-19(31-2)15-23(20)32-25/h3-10,15H,11-14,16H2,1-2H3. The second-order valence-corrected chi connectivity index (χ2v) is 8.24. The largest absolute Gasteiger partial charge is 0.497 e. The Morgan fingerprint density at radius 1 is 0.906 bits per heavy atom. The predicted octanol–water partition coefficient (Wildman–Crippen LogP) is 4.17. The Bertz CT molecular complexity index is 1120. The minimum absolute atomic E-state index is 0.131. The molecule has 0 aliphatic carbocycles. The number of aromatic nitrogens is 2. The molecule has 2 aromatic carbocycles. The van der Waals surface area contributed by atoms with Crippen LogP contribution in [0.2, 0.25) is 0 Å². The lowest BCUT2D eigenvalue weighted by molar-refractivity contribution is 0.0229. The van der Waals surface area contributed by atoms with Gasteiger partial charge >= 0.3 is 0 Å². The number of Topliss-reactive ketones (excluding diaryl/α,β-unsaturated/α-hetero) is 1. The summed E-state index contributed by atoms with van der Waals surface area (Å²) in [5, 5.41) is 8.86. The van der Waals surface area contributed by atoms with E-state index in [9.17, 15) is 4.79 Å². The molecule has 3 heterocycles. The van der Waals surface area contributed by atoms with Crippen LogP contribution in [0, 0.1) is 0 Å². The summed E-state index contributed by atoms with van der Waals surface area (Å²) in [6, 6.07) is 17.1. The van der Waals surface area contributed by atoms with Crippen molar-refractivity contribution in [1.82, 2.24) is 10.2 Å². The van der Waals surface area contributed by atoms with Gasteiger partial charge in [0.2, 0.25) is 0 Å². The zero-order valence-corrected chi connectivity index (χ0v) is 18.2. The van der Waals surface area contributed by atoms with E-state index in [-0.39, 0.29) is 5.78 Å². The molecule has 0 amide bonds.